The number of carbonyl (C=O) groups excluding carboxylic acids is 1. The van der Waals surface area contributed by atoms with Gasteiger partial charge >= 0.3 is 0 Å². The number of carbonyl (C=O) groups is 1. The first-order valence-electron chi connectivity index (χ1n) is 3.45. The zero-order valence-corrected chi connectivity index (χ0v) is 6.69. The van der Waals surface area contributed by atoms with Crippen molar-refractivity contribution in [2.24, 2.45) is 5.73 Å². The molecule has 0 saturated heterocycles. The number of likely N-dealkylation sites (N-methyl/N-ethyl adjacent to an activating group) is 1. The summed E-state index contributed by atoms with van der Waals surface area (Å²) in [7, 11) is 7.06. The lowest BCUT2D eigenvalue weighted by atomic mass is 10.2. The van der Waals surface area contributed by atoms with Crippen LogP contribution in [-0.2, 0) is 9.53 Å². The average Bonchev–Trinajstić information content (AvgIpc) is 1.87. The first-order chi connectivity index (χ1) is 5.20. The molecule has 0 spiro atoms. The highest BCUT2D eigenvalue weighted by Gasteiger charge is 2.08. The molecule has 0 aromatic carbocycles. The summed E-state index contributed by atoms with van der Waals surface area (Å²) in [6, 6.07) is 0. The van der Waals surface area contributed by atoms with Gasteiger partial charge in [0, 0.05) is 6.54 Å². The predicted octanol–water partition coefficient (Wildman–Crippen LogP) is -1.11. The topological polar surface area (TPSA) is 55.6 Å². The highest BCUT2D eigenvalue weighted by Crippen LogP contribution is 1.96. The summed E-state index contributed by atoms with van der Waals surface area (Å²) in [4.78, 5) is 11.4. The van der Waals surface area contributed by atoms with Gasteiger partial charge in [-0.3, -0.25) is 4.79 Å². The number of hydrogen-bond donors (Lipinski definition) is 1. The Labute approximate surface area is 68.1 Å². The quantitative estimate of drug-likeness (QED) is 0.391. The molecule has 0 aromatic heterocycles. The molecule has 0 amide bonds. The van der Waals surface area contributed by atoms with Crippen molar-refractivity contribution in [1.29, 1.82) is 0 Å². The van der Waals surface area contributed by atoms with E-state index in [0.29, 0.717) is 26.0 Å². The molecule has 0 bridgehead atoms. The van der Waals surface area contributed by atoms with E-state index >= 15 is 0 Å². The van der Waals surface area contributed by atoms with Gasteiger partial charge in [0.05, 0.1) is 0 Å². The van der Waals surface area contributed by atoms with Crippen LogP contribution < -0.4 is 5.73 Å². The molecule has 4 nitrogen and oxygen atoms in total. The normalized spacial score (nSPS) is 13.0. The van der Waals surface area contributed by atoms with Crippen molar-refractivity contribution in [3.63, 3.8) is 0 Å². The van der Waals surface area contributed by atoms with Crippen molar-refractivity contribution in [1.82, 2.24) is 4.81 Å². The van der Waals surface area contributed by atoms with Crippen LogP contribution in [0, 0.1) is 0 Å². The van der Waals surface area contributed by atoms with Crippen LogP contribution in [0.25, 0.3) is 0 Å². The van der Waals surface area contributed by atoms with Gasteiger partial charge in [-0.25, -0.2) is 0 Å². The highest BCUT2D eigenvalue weighted by molar-refractivity contribution is 6.04. The van der Waals surface area contributed by atoms with Crippen LogP contribution in [0.5, 0.6) is 0 Å². The minimum atomic E-state index is -0.188. The summed E-state index contributed by atoms with van der Waals surface area (Å²) in [5, 5.41) is 0. The molecule has 0 aromatic rings. The first-order valence-corrected chi connectivity index (χ1v) is 3.45. The summed E-state index contributed by atoms with van der Waals surface area (Å²) in [5.41, 5.74) is 5.28. The summed E-state index contributed by atoms with van der Waals surface area (Å²) < 4.78 is 4.71. The molecule has 0 fully saturated rings. The molecule has 0 aliphatic rings. The number of rotatable bonds is 6. The summed E-state index contributed by atoms with van der Waals surface area (Å²) in [6.45, 7) is 1.42. The van der Waals surface area contributed by atoms with Crippen LogP contribution >= 0.6 is 0 Å². The van der Waals surface area contributed by atoms with Crippen LogP contribution in [0.15, 0.2) is 0 Å². The van der Waals surface area contributed by atoms with Crippen LogP contribution in [-0.4, -0.2) is 45.5 Å². The first kappa shape index (κ1) is 10.5. The van der Waals surface area contributed by atoms with Crippen LogP contribution in [0.2, 0.25) is 0 Å². The van der Waals surface area contributed by atoms with Gasteiger partial charge < -0.3 is 15.3 Å². The molecule has 2 radical (unpaired) electrons. The van der Waals surface area contributed by atoms with Crippen molar-refractivity contribution in [3.8, 4) is 0 Å². The van der Waals surface area contributed by atoms with Crippen LogP contribution in [0.1, 0.15) is 6.42 Å². The number of nitrogens with two attached hydrogens (primary N) is 1. The molecule has 0 rings (SSSR count). The van der Waals surface area contributed by atoms with Gasteiger partial charge in [0.15, 0.2) is 7.98 Å². The Morgan fingerprint density at radius 3 is 2.82 bits per heavy atom. The van der Waals surface area contributed by atoms with Gasteiger partial charge in [0.25, 0.3) is 6.47 Å². The molecule has 0 heterocycles. The maximum absolute atomic E-state index is 9.95. The lowest BCUT2D eigenvalue weighted by Crippen LogP contribution is -2.30. The number of hydrogen-bond acceptors (Lipinski definition) is 4. The zero-order chi connectivity index (χ0) is 8.69. The molecule has 62 valence electrons. The third-order valence-electron chi connectivity index (χ3n) is 1.23. The maximum Gasteiger partial charge on any atom is 0.293 e. The molecule has 2 N–H and O–H groups in total. The molecule has 0 aliphatic carbocycles. The third kappa shape index (κ3) is 5.88. The second-order valence-corrected chi connectivity index (χ2v) is 2.37. The fourth-order valence-electron chi connectivity index (χ4n) is 0.788. The molecule has 11 heavy (non-hydrogen) atoms. The largest absolute Gasteiger partial charge is 0.463 e. The smallest absolute Gasteiger partial charge is 0.293 e. The van der Waals surface area contributed by atoms with E-state index in [9.17, 15) is 4.79 Å². The second-order valence-electron chi connectivity index (χ2n) is 2.37. The number of ether oxygens (including phenoxy) is 1. The van der Waals surface area contributed by atoms with Gasteiger partial charge in [-0.2, -0.15) is 0 Å². The Morgan fingerprint density at radius 1 is 1.82 bits per heavy atom. The van der Waals surface area contributed by atoms with Gasteiger partial charge in [-0.05, 0) is 20.0 Å². The minimum absolute atomic E-state index is 0.188. The molecule has 1 atom stereocenters. The molecule has 0 saturated carbocycles. The monoisotopic (exact) mass is 156 g/mol. The Hall–Kier alpha value is -0.545. The van der Waals surface area contributed by atoms with Crippen LogP contribution in [0.3, 0.4) is 0 Å². The highest BCUT2D eigenvalue weighted by atomic mass is 16.5. The Balaban J connectivity index is 3.58. The van der Waals surface area contributed by atoms with Gasteiger partial charge in [-0.15, -0.1) is 0 Å². The SMILES string of the molecule is [B]N(C)CC(CCN)OC=O. The maximum atomic E-state index is 9.95. The van der Waals surface area contributed by atoms with E-state index in [1.807, 2.05) is 0 Å². The second kappa shape index (κ2) is 6.18. The van der Waals surface area contributed by atoms with Gasteiger partial charge in [0.2, 0.25) is 0 Å². The summed E-state index contributed by atoms with van der Waals surface area (Å²) in [6.07, 6.45) is 0.452. The van der Waals surface area contributed by atoms with E-state index in [1.165, 1.54) is 4.81 Å². The van der Waals surface area contributed by atoms with E-state index < -0.39 is 0 Å². The lowest BCUT2D eigenvalue weighted by molar-refractivity contribution is -0.134. The Kier molecular flexibility index (Phi) is 5.88. The summed E-state index contributed by atoms with van der Waals surface area (Å²) >= 11 is 0. The zero-order valence-electron chi connectivity index (χ0n) is 6.69. The lowest BCUT2D eigenvalue weighted by Gasteiger charge is -2.18. The van der Waals surface area contributed by atoms with E-state index in [0.717, 1.165) is 0 Å². The van der Waals surface area contributed by atoms with Crippen molar-refractivity contribution in [3.05, 3.63) is 0 Å². The molecule has 1 unspecified atom stereocenters. The molecular formula is C6H13BN2O2. The molecule has 5 heteroatoms. The third-order valence-corrected chi connectivity index (χ3v) is 1.23. The van der Waals surface area contributed by atoms with E-state index in [1.54, 1.807) is 7.05 Å². The van der Waals surface area contributed by atoms with Crippen molar-refractivity contribution >= 4 is 14.5 Å². The van der Waals surface area contributed by atoms with Crippen LogP contribution in [0.4, 0.5) is 0 Å². The van der Waals surface area contributed by atoms with Crippen molar-refractivity contribution < 1.29 is 9.53 Å². The van der Waals surface area contributed by atoms with Crippen molar-refractivity contribution in [2.45, 2.75) is 12.5 Å². The molecular weight excluding hydrogens is 143 g/mol. The standard InChI is InChI=1S/C6H13BN2O2/c1-9(7)4-6(2-3-8)11-5-10/h5-6H,2-4,8H2,1H3. The average molecular weight is 156 g/mol. The Morgan fingerprint density at radius 2 is 2.45 bits per heavy atom. The van der Waals surface area contributed by atoms with Gasteiger partial charge in [0.1, 0.15) is 6.10 Å². The minimum Gasteiger partial charge on any atom is -0.463 e. The number of nitrogens with zero attached hydrogens (tertiary/aromatic N) is 1. The van der Waals surface area contributed by atoms with Gasteiger partial charge in [-0.1, -0.05) is 0 Å². The van der Waals surface area contributed by atoms with Crippen molar-refractivity contribution in [2.75, 3.05) is 20.1 Å². The fraction of sp³-hybridized carbons (Fsp3) is 0.833. The molecule has 0 aliphatic heterocycles. The predicted molar refractivity (Wildman–Crippen MR) is 43.0 cm³/mol. The fourth-order valence-corrected chi connectivity index (χ4v) is 0.788. The van der Waals surface area contributed by atoms with E-state index in [2.05, 4.69) is 0 Å². The summed E-state index contributed by atoms with van der Waals surface area (Å²) in [5.74, 6) is 0. The van der Waals surface area contributed by atoms with E-state index in [4.69, 9.17) is 18.5 Å². The Bertz CT molecular complexity index is 111. The van der Waals surface area contributed by atoms with E-state index in [-0.39, 0.29) is 6.10 Å².